The van der Waals surface area contributed by atoms with Crippen molar-refractivity contribution in [1.82, 2.24) is 4.90 Å². The van der Waals surface area contributed by atoms with E-state index < -0.39 is 4.92 Å². The Morgan fingerprint density at radius 2 is 2.24 bits per heavy atom. The van der Waals surface area contributed by atoms with E-state index in [2.05, 4.69) is 0 Å². The Labute approximate surface area is 127 Å². The van der Waals surface area contributed by atoms with Crippen LogP contribution in [-0.2, 0) is 4.74 Å². The molecule has 1 heterocycles. The van der Waals surface area contributed by atoms with E-state index in [0.29, 0.717) is 18.7 Å². The van der Waals surface area contributed by atoms with Crippen LogP contribution in [0.5, 0.6) is 0 Å². The van der Waals surface area contributed by atoms with Crippen LogP contribution >= 0.6 is 11.6 Å². The fourth-order valence-corrected chi connectivity index (χ4v) is 2.77. The molecule has 1 saturated heterocycles. The molecule has 0 aromatic heterocycles. The Morgan fingerprint density at radius 1 is 1.52 bits per heavy atom. The number of piperidine rings is 1. The molecule has 21 heavy (non-hydrogen) atoms. The summed E-state index contributed by atoms with van der Waals surface area (Å²) in [5.41, 5.74) is -0.196. The SMILES string of the molecule is COC1(C)CCCN(C(=O)c2ccc([N+](=O)[O-])c(Cl)c2)C1. The van der Waals surface area contributed by atoms with Gasteiger partial charge in [-0.3, -0.25) is 14.9 Å². The van der Waals surface area contributed by atoms with Gasteiger partial charge in [0.15, 0.2) is 0 Å². The Kier molecular flexibility index (Phi) is 4.49. The van der Waals surface area contributed by atoms with Crippen LogP contribution in [0, 0.1) is 10.1 Å². The second kappa shape index (κ2) is 5.99. The maximum Gasteiger partial charge on any atom is 0.287 e. The standard InChI is InChI=1S/C14H17ClN2O4/c1-14(21-2)6-3-7-16(9-14)13(18)10-4-5-12(17(19)20)11(15)8-10/h4-5,8H,3,6-7,9H2,1-2H3. The molecule has 1 unspecified atom stereocenters. The van der Waals surface area contributed by atoms with E-state index in [1.54, 1.807) is 12.0 Å². The smallest absolute Gasteiger partial charge is 0.287 e. The number of nitro benzene ring substituents is 1. The van der Waals surface area contributed by atoms with Crippen molar-refractivity contribution in [3.63, 3.8) is 0 Å². The molecule has 0 aliphatic carbocycles. The Hall–Kier alpha value is -1.66. The molecule has 1 aliphatic rings. The van der Waals surface area contributed by atoms with E-state index in [4.69, 9.17) is 16.3 Å². The number of hydrogen-bond donors (Lipinski definition) is 0. The van der Waals surface area contributed by atoms with Gasteiger partial charge in [-0.1, -0.05) is 11.6 Å². The summed E-state index contributed by atoms with van der Waals surface area (Å²) in [6.07, 6.45) is 1.76. The van der Waals surface area contributed by atoms with E-state index in [0.717, 1.165) is 12.8 Å². The molecule has 1 amide bonds. The van der Waals surface area contributed by atoms with E-state index in [1.165, 1.54) is 18.2 Å². The first-order valence-corrected chi connectivity index (χ1v) is 7.02. The Balaban J connectivity index is 2.20. The lowest BCUT2D eigenvalue weighted by atomic mass is 9.94. The van der Waals surface area contributed by atoms with Crippen LogP contribution < -0.4 is 0 Å². The number of methoxy groups -OCH3 is 1. The van der Waals surface area contributed by atoms with Gasteiger partial charge in [0, 0.05) is 31.8 Å². The van der Waals surface area contributed by atoms with Crippen LogP contribution in [0.2, 0.25) is 5.02 Å². The predicted octanol–water partition coefficient (Wildman–Crippen LogP) is 2.89. The van der Waals surface area contributed by atoms with E-state index in [9.17, 15) is 14.9 Å². The molecule has 1 atom stereocenters. The first kappa shape index (κ1) is 15.7. The summed E-state index contributed by atoms with van der Waals surface area (Å²) in [6.45, 7) is 3.11. The molecule has 1 aromatic carbocycles. The summed E-state index contributed by atoms with van der Waals surface area (Å²) in [4.78, 5) is 24.3. The van der Waals surface area contributed by atoms with Gasteiger partial charge >= 0.3 is 0 Å². The van der Waals surface area contributed by atoms with E-state index in [-0.39, 0.29) is 22.2 Å². The zero-order valence-electron chi connectivity index (χ0n) is 12.0. The number of rotatable bonds is 3. The number of benzene rings is 1. The highest BCUT2D eigenvalue weighted by Crippen LogP contribution is 2.28. The van der Waals surface area contributed by atoms with Gasteiger partial charge in [0.25, 0.3) is 11.6 Å². The summed E-state index contributed by atoms with van der Waals surface area (Å²) >= 11 is 5.85. The van der Waals surface area contributed by atoms with Crippen molar-refractivity contribution in [2.75, 3.05) is 20.2 Å². The lowest BCUT2D eigenvalue weighted by Crippen LogP contribution is -2.49. The summed E-state index contributed by atoms with van der Waals surface area (Å²) in [7, 11) is 1.64. The molecule has 7 heteroatoms. The second-order valence-electron chi connectivity index (χ2n) is 5.41. The third-order valence-corrected chi connectivity index (χ3v) is 4.13. The molecule has 1 fully saturated rings. The van der Waals surface area contributed by atoms with Gasteiger partial charge in [0.2, 0.25) is 0 Å². The minimum absolute atomic E-state index is 0.0302. The molecule has 0 N–H and O–H groups in total. The molecule has 1 aromatic rings. The van der Waals surface area contributed by atoms with E-state index in [1.807, 2.05) is 6.92 Å². The number of nitro groups is 1. The molecule has 1 aliphatic heterocycles. The monoisotopic (exact) mass is 312 g/mol. The molecule has 2 rings (SSSR count). The highest BCUT2D eigenvalue weighted by atomic mass is 35.5. The fourth-order valence-electron chi connectivity index (χ4n) is 2.52. The minimum atomic E-state index is -0.570. The lowest BCUT2D eigenvalue weighted by molar-refractivity contribution is -0.384. The maximum atomic E-state index is 12.5. The van der Waals surface area contributed by atoms with Crippen LogP contribution in [0.1, 0.15) is 30.1 Å². The van der Waals surface area contributed by atoms with Gasteiger partial charge in [0.05, 0.1) is 10.5 Å². The summed E-state index contributed by atoms with van der Waals surface area (Å²) in [5, 5.41) is 10.7. The molecule has 114 valence electrons. The largest absolute Gasteiger partial charge is 0.377 e. The van der Waals surface area contributed by atoms with E-state index >= 15 is 0 Å². The average molecular weight is 313 g/mol. The topological polar surface area (TPSA) is 72.7 Å². The molecular formula is C14H17ClN2O4. The zero-order chi connectivity index (χ0) is 15.6. The van der Waals surface area contributed by atoms with Gasteiger partial charge in [0.1, 0.15) is 5.02 Å². The number of halogens is 1. The molecular weight excluding hydrogens is 296 g/mol. The van der Waals surface area contributed by atoms with Crippen LogP contribution in [0.4, 0.5) is 5.69 Å². The first-order chi connectivity index (χ1) is 9.86. The number of amides is 1. The number of hydrogen-bond acceptors (Lipinski definition) is 4. The van der Waals surface area contributed by atoms with Crippen molar-refractivity contribution in [2.24, 2.45) is 0 Å². The van der Waals surface area contributed by atoms with Gasteiger partial charge < -0.3 is 9.64 Å². The van der Waals surface area contributed by atoms with Gasteiger partial charge in [-0.25, -0.2) is 0 Å². The Morgan fingerprint density at radius 3 is 2.81 bits per heavy atom. The number of carbonyl (C=O) groups is 1. The van der Waals surface area contributed by atoms with Gasteiger partial charge in [-0.2, -0.15) is 0 Å². The van der Waals surface area contributed by atoms with Crippen molar-refractivity contribution in [1.29, 1.82) is 0 Å². The summed E-state index contributed by atoms with van der Waals surface area (Å²) in [6, 6.07) is 4.04. The van der Waals surface area contributed by atoms with Crippen molar-refractivity contribution in [2.45, 2.75) is 25.4 Å². The van der Waals surface area contributed by atoms with Crippen LogP contribution in [-0.4, -0.2) is 41.5 Å². The van der Waals surface area contributed by atoms with Crippen LogP contribution in [0.15, 0.2) is 18.2 Å². The summed E-state index contributed by atoms with van der Waals surface area (Å²) in [5.74, 6) is -0.185. The quantitative estimate of drug-likeness (QED) is 0.635. The Bertz CT molecular complexity index is 578. The average Bonchev–Trinajstić information content (AvgIpc) is 2.46. The predicted molar refractivity (Wildman–Crippen MR) is 78.7 cm³/mol. The highest BCUT2D eigenvalue weighted by Gasteiger charge is 2.33. The number of nitrogens with zero attached hydrogens (tertiary/aromatic N) is 2. The lowest BCUT2D eigenvalue weighted by Gasteiger charge is -2.39. The molecule has 0 bridgehead atoms. The molecule has 0 saturated carbocycles. The van der Waals surface area contributed by atoms with Crippen molar-refractivity contribution >= 4 is 23.2 Å². The molecule has 6 nitrogen and oxygen atoms in total. The highest BCUT2D eigenvalue weighted by molar-refractivity contribution is 6.33. The second-order valence-corrected chi connectivity index (χ2v) is 5.81. The third kappa shape index (κ3) is 3.33. The number of ether oxygens (including phenoxy) is 1. The fraction of sp³-hybridized carbons (Fsp3) is 0.500. The first-order valence-electron chi connectivity index (χ1n) is 6.65. The van der Waals surface area contributed by atoms with Crippen molar-refractivity contribution in [3.05, 3.63) is 38.9 Å². The third-order valence-electron chi connectivity index (χ3n) is 3.83. The van der Waals surface area contributed by atoms with Crippen molar-refractivity contribution < 1.29 is 14.5 Å². The summed E-state index contributed by atoms with van der Waals surface area (Å²) < 4.78 is 5.46. The molecule has 0 spiro atoms. The molecule has 0 radical (unpaired) electrons. The number of carbonyl (C=O) groups excluding carboxylic acids is 1. The van der Waals surface area contributed by atoms with Crippen molar-refractivity contribution in [3.8, 4) is 0 Å². The van der Waals surface area contributed by atoms with Crippen LogP contribution in [0.25, 0.3) is 0 Å². The number of likely N-dealkylation sites (tertiary alicyclic amines) is 1. The normalized spacial score (nSPS) is 22.1. The zero-order valence-corrected chi connectivity index (χ0v) is 12.7. The van der Waals surface area contributed by atoms with Gasteiger partial charge in [-0.15, -0.1) is 0 Å². The minimum Gasteiger partial charge on any atom is -0.377 e. The maximum absolute atomic E-state index is 12.5. The van der Waals surface area contributed by atoms with Crippen LogP contribution in [0.3, 0.4) is 0 Å². The van der Waals surface area contributed by atoms with Gasteiger partial charge in [-0.05, 0) is 31.9 Å².